The van der Waals surface area contributed by atoms with E-state index >= 15 is 0 Å². The summed E-state index contributed by atoms with van der Waals surface area (Å²) in [5.74, 6) is -2.06. The fourth-order valence-corrected chi connectivity index (χ4v) is 5.79. The molecule has 2 aliphatic carbocycles. The van der Waals surface area contributed by atoms with Crippen molar-refractivity contribution in [2.75, 3.05) is 5.32 Å². The summed E-state index contributed by atoms with van der Waals surface area (Å²) in [5, 5.41) is 11.8. The van der Waals surface area contributed by atoms with Gasteiger partial charge in [-0.15, -0.1) is 10.2 Å². The van der Waals surface area contributed by atoms with Crippen LogP contribution >= 0.6 is 11.3 Å². The maximum atomic E-state index is 14.0. The topological polar surface area (TPSA) is 92.3 Å². The first-order chi connectivity index (χ1) is 15.0. The molecule has 160 valence electrons. The van der Waals surface area contributed by atoms with Gasteiger partial charge >= 0.3 is 0 Å². The van der Waals surface area contributed by atoms with Gasteiger partial charge in [0.15, 0.2) is 0 Å². The van der Waals surface area contributed by atoms with Crippen LogP contribution in [0.5, 0.6) is 0 Å². The molecule has 1 aromatic carbocycles. The molecule has 3 aliphatic rings. The van der Waals surface area contributed by atoms with Crippen LogP contribution in [0.15, 0.2) is 36.4 Å². The number of halogens is 1. The van der Waals surface area contributed by atoms with E-state index in [1.807, 2.05) is 19.1 Å². The predicted molar refractivity (Wildman–Crippen MR) is 111 cm³/mol. The van der Waals surface area contributed by atoms with Gasteiger partial charge in [0.25, 0.3) is 0 Å². The summed E-state index contributed by atoms with van der Waals surface area (Å²) >= 11 is 1.27. The van der Waals surface area contributed by atoms with E-state index < -0.39 is 17.8 Å². The summed E-state index contributed by atoms with van der Waals surface area (Å²) in [5.41, 5.74) is 0.420. The van der Waals surface area contributed by atoms with Crippen molar-refractivity contribution in [1.82, 2.24) is 15.1 Å². The second kappa shape index (κ2) is 7.64. The van der Waals surface area contributed by atoms with E-state index in [9.17, 15) is 18.8 Å². The number of likely N-dealkylation sites (tertiary alicyclic amines) is 1. The Hall–Kier alpha value is -2.94. The highest BCUT2D eigenvalue weighted by molar-refractivity contribution is 7.15. The number of benzene rings is 1. The van der Waals surface area contributed by atoms with Crippen LogP contribution in [0.2, 0.25) is 0 Å². The molecule has 2 heterocycles. The fourth-order valence-electron chi connectivity index (χ4n) is 5.10. The van der Waals surface area contributed by atoms with E-state index in [1.165, 1.54) is 34.4 Å². The molecule has 5 rings (SSSR count). The Labute approximate surface area is 182 Å². The standard InChI is InChI=1S/C22H21FN4O3S/c1-2-17-25-26-22(31-17)24-16(28)10-15(11-4-3-5-14(23)9-11)27-20(29)18-12-6-7-13(8-12)19(18)21(27)30/h3-7,9,12-13,15,18-19H,2,8,10H2,1H3,(H,24,26,28). The average molecular weight is 441 g/mol. The third-order valence-electron chi connectivity index (χ3n) is 6.44. The first-order valence-corrected chi connectivity index (χ1v) is 11.2. The zero-order chi connectivity index (χ0) is 21.7. The summed E-state index contributed by atoms with van der Waals surface area (Å²) in [6.45, 7) is 1.94. The van der Waals surface area contributed by atoms with Crippen molar-refractivity contribution in [3.63, 3.8) is 0 Å². The van der Waals surface area contributed by atoms with Crippen molar-refractivity contribution in [2.24, 2.45) is 23.7 Å². The van der Waals surface area contributed by atoms with E-state index in [2.05, 4.69) is 15.5 Å². The number of rotatable bonds is 6. The van der Waals surface area contributed by atoms with Crippen LogP contribution in [-0.4, -0.2) is 32.8 Å². The molecule has 5 unspecified atom stereocenters. The maximum Gasteiger partial charge on any atom is 0.234 e. The Balaban J connectivity index is 1.43. The van der Waals surface area contributed by atoms with Crippen LogP contribution in [0.25, 0.3) is 0 Å². The quantitative estimate of drug-likeness (QED) is 0.550. The van der Waals surface area contributed by atoms with Gasteiger partial charge in [0, 0.05) is 0 Å². The molecule has 2 bridgehead atoms. The molecule has 1 N–H and O–H groups in total. The van der Waals surface area contributed by atoms with Gasteiger partial charge < -0.3 is 5.32 Å². The summed E-state index contributed by atoms with van der Waals surface area (Å²) in [6, 6.07) is 4.85. The summed E-state index contributed by atoms with van der Waals surface area (Å²) in [6.07, 6.45) is 5.39. The van der Waals surface area contributed by atoms with E-state index in [-0.39, 0.29) is 41.9 Å². The van der Waals surface area contributed by atoms with E-state index in [0.717, 1.165) is 11.4 Å². The molecule has 1 aliphatic heterocycles. The van der Waals surface area contributed by atoms with Crippen LogP contribution in [0.4, 0.5) is 9.52 Å². The normalized spacial score (nSPS) is 27.1. The number of aryl methyl sites for hydroxylation is 1. The lowest BCUT2D eigenvalue weighted by Gasteiger charge is -2.28. The van der Waals surface area contributed by atoms with Crippen molar-refractivity contribution in [2.45, 2.75) is 32.2 Å². The van der Waals surface area contributed by atoms with Crippen molar-refractivity contribution in [3.05, 3.63) is 52.8 Å². The van der Waals surface area contributed by atoms with Gasteiger partial charge in [0.1, 0.15) is 10.8 Å². The van der Waals surface area contributed by atoms with Gasteiger partial charge in [0.2, 0.25) is 22.9 Å². The lowest BCUT2D eigenvalue weighted by Crippen LogP contribution is -2.38. The predicted octanol–water partition coefficient (Wildman–Crippen LogP) is 3.12. The van der Waals surface area contributed by atoms with Gasteiger partial charge in [-0.3, -0.25) is 19.3 Å². The molecule has 1 saturated carbocycles. The largest absolute Gasteiger partial charge is 0.300 e. The Morgan fingerprint density at radius 1 is 1.23 bits per heavy atom. The second-order valence-corrected chi connectivity index (χ2v) is 9.29. The average Bonchev–Trinajstić information content (AvgIpc) is 3.51. The lowest BCUT2D eigenvalue weighted by atomic mass is 9.85. The number of fused-ring (bicyclic) bond motifs is 5. The molecule has 5 atom stereocenters. The van der Waals surface area contributed by atoms with Crippen molar-refractivity contribution in [3.8, 4) is 0 Å². The van der Waals surface area contributed by atoms with E-state index in [0.29, 0.717) is 17.1 Å². The third-order valence-corrected chi connectivity index (χ3v) is 7.43. The number of carbonyl (C=O) groups excluding carboxylic acids is 3. The van der Waals surface area contributed by atoms with Gasteiger partial charge in [0.05, 0.1) is 24.3 Å². The number of amides is 3. The van der Waals surface area contributed by atoms with Gasteiger partial charge in [-0.2, -0.15) is 0 Å². The van der Waals surface area contributed by atoms with Crippen LogP contribution in [0.1, 0.15) is 36.4 Å². The lowest BCUT2D eigenvalue weighted by molar-refractivity contribution is -0.144. The highest BCUT2D eigenvalue weighted by Gasteiger charge is 2.60. The van der Waals surface area contributed by atoms with Gasteiger partial charge in [-0.1, -0.05) is 42.5 Å². The molecule has 3 amide bonds. The number of anilines is 1. The highest BCUT2D eigenvalue weighted by atomic mass is 32.1. The maximum absolute atomic E-state index is 14.0. The molecule has 9 heteroatoms. The summed E-state index contributed by atoms with van der Waals surface area (Å²) in [7, 11) is 0. The summed E-state index contributed by atoms with van der Waals surface area (Å²) in [4.78, 5) is 40.6. The molecule has 1 saturated heterocycles. The number of nitrogens with one attached hydrogen (secondary N) is 1. The molecule has 2 aromatic rings. The molecule has 0 spiro atoms. The molecular weight excluding hydrogens is 419 g/mol. The number of allylic oxidation sites excluding steroid dienone is 2. The number of carbonyl (C=O) groups is 3. The zero-order valence-corrected chi connectivity index (χ0v) is 17.6. The van der Waals surface area contributed by atoms with Crippen molar-refractivity contribution >= 4 is 34.2 Å². The zero-order valence-electron chi connectivity index (χ0n) is 16.8. The number of hydrogen-bond donors (Lipinski definition) is 1. The van der Waals surface area contributed by atoms with Crippen LogP contribution < -0.4 is 5.32 Å². The van der Waals surface area contributed by atoms with Crippen LogP contribution in [0.3, 0.4) is 0 Å². The Morgan fingerprint density at radius 3 is 2.55 bits per heavy atom. The Bertz CT molecular complexity index is 1070. The first kappa shape index (κ1) is 20.0. The second-order valence-electron chi connectivity index (χ2n) is 8.22. The monoisotopic (exact) mass is 440 g/mol. The molecule has 31 heavy (non-hydrogen) atoms. The number of nitrogens with zero attached hydrogens (tertiary/aromatic N) is 3. The van der Waals surface area contributed by atoms with Crippen LogP contribution in [0, 0.1) is 29.5 Å². The van der Waals surface area contributed by atoms with Crippen molar-refractivity contribution < 1.29 is 18.8 Å². The van der Waals surface area contributed by atoms with Crippen molar-refractivity contribution in [1.29, 1.82) is 0 Å². The number of imide groups is 1. The fraction of sp³-hybridized carbons (Fsp3) is 0.409. The Morgan fingerprint density at radius 2 is 1.94 bits per heavy atom. The molecule has 7 nitrogen and oxygen atoms in total. The minimum Gasteiger partial charge on any atom is -0.300 e. The third kappa shape index (κ3) is 3.37. The number of aromatic nitrogens is 2. The Kier molecular flexibility index (Phi) is 4.92. The minimum absolute atomic E-state index is 0.0623. The van der Waals surface area contributed by atoms with Gasteiger partial charge in [-0.25, -0.2) is 4.39 Å². The highest BCUT2D eigenvalue weighted by Crippen LogP contribution is 2.54. The smallest absolute Gasteiger partial charge is 0.234 e. The SMILES string of the molecule is CCc1nnc(NC(=O)CC(c2cccc(F)c2)N2C(=O)C3C4C=CC(C4)C3C2=O)s1. The molecule has 1 aromatic heterocycles. The van der Waals surface area contributed by atoms with Crippen LogP contribution in [-0.2, 0) is 20.8 Å². The summed E-state index contributed by atoms with van der Waals surface area (Å²) < 4.78 is 14.0. The molecular formula is C22H21FN4O3S. The first-order valence-electron chi connectivity index (χ1n) is 10.4. The van der Waals surface area contributed by atoms with E-state index in [4.69, 9.17) is 0 Å². The van der Waals surface area contributed by atoms with Gasteiger partial charge in [-0.05, 0) is 42.4 Å². The molecule has 2 fully saturated rings. The van der Waals surface area contributed by atoms with E-state index in [1.54, 1.807) is 6.07 Å². The molecule has 0 radical (unpaired) electrons. The minimum atomic E-state index is -0.876. The number of hydrogen-bond acceptors (Lipinski definition) is 6.